The van der Waals surface area contributed by atoms with Crippen LogP contribution in [0.4, 0.5) is 0 Å². The zero-order valence-corrected chi connectivity index (χ0v) is 15.0. The number of benzene rings is 1. The van der Waals surface area contributed by atoms with Crippen LogP contribution in [0.5, 0.6) is 0 Å². The summed E-state index contributed by atoms with van der Waals surface area (Å²) in [5.41, 5.74) is 3.33. The number of amides is 1. The van der Waals surface area contributed by atoms with Crippen molar-refractivity contribution in [2.75, 3.05) is 6.54 Å². The Labute approximate surface area is 147 Å². The number of aryl methyl sites for hydroxylation is 1. The zero-order valence-electron chi connectivity index (χ0n) is 15.0. The number of rotatable bonds is 4. The Hall–Kier alpha value is -2.43. The van der Waals surface area contributed by atoms with Crippen molar-refractivity contribution in [3.8, 4) is 0 Å². The quantitative estimate of drug-likeness (QED) is 0.869. The summed E-state index contributed by atoms with van der Waals surface area (Å²) >= 11 is 0. The van der Waals surface area contributed by atoms with Crippen LogP contribution in [0.1, 0.15) is 48.8 Å². The van der Waals surface area contributed by atoms with Crippen LogP contribution in [0, 0.1) is 5.92 Å². The van der Waals surface area contributed by atoms with Gasteiger partial charge >= 0.3 is 5.97 Å². The molecule has 0 radical (unpaired) electrons. The van der Waals surface area contributed by atoms with Crippen LogP contribution in [0.2, 0.25) is 0 Å². The lowest BCUT2D eigenvalue weighted by molar-refractivity contribution is -0.128. The van der Waals surface area contributed by atoms with E-state index in [2.05, 4.69) is 12.2 Å². The van der Waals surface area contributed by atoms with Gasteiger partial charge in [-0.15, -0.1) is 0 Å². The third-order valence-corrected chi connectivity index (χ3v) is 4.71. The summed E-state index contributed by atoms with van der Waals surface area (Å²) in [5, 5.41) is 3.48. The van der Waals surface area contributed by atoms with Crippen molar-refractivity contribution >= 4 is 22.8 Å². The standard InChI is InChI=1S/C20H24N2O3/c1-4-21-19(23)13(3)25-20(24)18-14-7-5-6-8-16(14)22-17-10-9-12(2)11-15(17)18/h5-8,12-13H,4,9-11H2,1-3H3,(H,21,23)/t12-,13+/m1/s1. The van der Waals surface area contributed by atoms with E-state index in [1.807, 2.05) is 31.2 Å². The summed E-state index contributed by atoms with van der Waals surface area (Å²) in [6.07, 6.45) is 1.93. The molecule has 0 spiro atoms. The molecule has 1 aliphatic rings. The van der Waals surface area contributed by atoms with Crippen molar-refractivity contribution in [3.05, 3.63) is 41.1 Å². The van der Waals surface area contributed by atoms with Gasteiger partial charge in [0.15, 0.2) is 6.10 Å². The van der Waals surface area contributed by atoms with Gasteiger partial charge in [-0.3, -0.25) is 9.78 Å². The summed E-state index contributed by atoms with van der Waals surface area (Å²) in [7, 11) is 0. The molecular formula is C20H24N2O3. The Kier molecular flexibility index (Phi) is 5.02. The first-order valence-corrected chi connectivity index (χ1v) is 8.90. The number of aromatic nitrogens is 1. The number of pyridine rings is 1. The predicted molar refractivity (Wildman–Crippen MR) is 96.5 cm³/mol. The molecular weight excluding hydrogens is 316 g/mol. The first-order chi connectivity index (χ1) is 12.0. The Morgan fingerprint density at radius 3 is 2.88 bits per heavy atom. The lowest BCUT2D eigenvalue weighted by atomic mass is 9.84. The third kappa shape index (κ3) is 3.50. The molecule has 1 heterocycles. The number of nitrogens with one attached hydrogen (secondary N) is 1. The minimum absolute atomic E-state index is 0.281. The molecule has 1 N–H and O–H groups in total. The fourth-order valence-electron chi connectivity index (χ4n) is 3.39. The van der Waals surface area contributed by atoms with Crippen molar-refractivity contribution < 1.29 is 14.3 Å². The van der Waals surface area contributed by atoms with Crippen molar-refractivity contribution in [3.63, 3.8) is 0 Å². The molecule has 2 aromatic rings. The number of carbonyl (C=O) groups excluding carboxylic acids is 2. The van der Waals surface area contributed by atoms with Crippen molar-refractivity contribution in [1.82, 2.24) is 10.3 Å². The predicted octanol–water partition coefficient (Wildman–Crippen LogP) is 3.04. The topological polar surface area (TPSA) is 68.3 Å². The summed E-state index contributed by atoms with van der Waals surface area (Å²) in [5.74, 6) is -0.220. The second-order valence-corrected chi connectivity index (χ2v) is 6.72. The Morgan fingerprint density at radius 2 is 2.12 bits per heavy atom. The molecule has 132 valence electrons. The first kappa shape index (κ1) is 17.4. The molecule has 1 aliphatic carbocycles. The van der Waals surface area contributed by atoms with Gasteiger partial charge in [0.1, 0.15) is 0 Å². The Morgan fingerprint density at radius 1 is 1.36 bits per heavy atom. The van der Waals surface area contributed by atoms with Crippen molar-refractivity contribution in [2.24, 2.45) is 5.92 Å². The van der Waals surface area contributed by atoms with Gasteiger partial charge in [-0.25, -0.2) is 4.79 Å². The maximum Gasteiger partial charge on any atom is 0.339 e. The van der Waals surface area contributed by atoms with E-state index in [-0.39, 0.29) is 5.91 Å². The van der Waals surface area contributed by atoms with Gasteiger partial charge < -0.3 is 10.1 Å². The number of carbonyl (C=O) groups is 2. The van der Waals surface area contributed by atoms with Crippen LogP contribution in [0.3, 0.4) is 0 Å². The van der Waals surface area contributed by atoms with E-state index in [4.69, 9.17) is 9.72 Å². The van der Waals surface area contributed by atoms with Crippen LogP contribution in [0.25, 0.3) is 10.9 Å². The van der Waals surface area contributed by atoms with Gasteiger partial charge in [0, 0.05) is 17.6 Å². The molecule has 0 aliphatic heterocycles. The highest BCUT2D eigenvalue weighted by Gasteiger charge is 2.28. The smallest absolute Gasteiger partial charge is 0.339 e. The number of nitrogens with zero attached hydrogens (tertiary/aromatic N) is 1. The van der Waals surface area contributed by atoms with E-state index in [1.165, 1.54) is 0 Å². The first-order valence-electron chi connectivity index (χ1n) is 8.90. The van der Waals surface area contributed by atoms with E-state index >= 15 is 0 Å². The second-order valence-electron chi connectivity index (χ2n) is 6.72. The lowest BCUT2D eigenvalue weighted by Crippen LogP contribution is -2.36. The van der Waals surface area contributed by atoms with E-state index in [0.29, 0.717) is 18.0 Å². The number of para-hydroxylation sites is 1. The number of ether oxygens (including phenoxy) is 1. The molecule has 5 heteroatoms. The van der Waals surface area contributed by atoms with Crippen molar-refractivity contribution in [2.45, 2.75) is 46.1 Å². The molecule has 0 fully saturated rings. The van der Waals surface area contributed by atoms with Gasteiger partial charge in [-0.2, -0.15) is 0 Å². The fraction of sp³-hybridized carbons (Fsp3) is 0.450. The average Bonchev–Trinajstić information content (AvgIpc) is 2.59. The number of hydrogen-bond acceptors (Lipinski definition) is 4. The zero-order chi connectivity index (χ0) is 18.0. The van der Waals surface area contributed by atoms with Crippen LogP contribution in [-0.2, 0) is 22.4 Å². The van der Waals surface area contributed by atoms with Gasteiger partial charge in [-0.1, -0.05) is 25.1 Å². The molecule has 0 saturated carbocycles. The summed E-state index contributed by atoms with van der Waals surface area (Å²) in [6, 6.07) is 7.62. The minimum Gasteiger partial charge on any atom is -0.449 e. The van der Waals surface area contributed by atoms with Crippen LogP contribution >= 0.6 is 0 Å². The largest absolute Gasteiger partial charge is 0.449 e. The molecule has 5 nitrogen and oxygen atoms in total. The van der Waals surface area contributed by atoms with Gasteiger partial charge in [0.25, 0.3) is 5.91 Å². The maximum absolute atomic E-state index is 12.9. The van der Waals surface area contributed by atoms with Gasteiger partial charge in [0.2, 0.25) is 0 Å². The number of hydrogen-bond donors (Lipinski definition) is 1. The number of fused-ring (bicyclic) bond motifs is 2. The molecule has 3 rings (SSSR count). The Bertz CT molecular complexity index is 816. The highest BCUT2D eigenvalue weighted by Crippen LogP contribution is 2.32. The minimum atomic E-state index is -0.823. The van der Waals surface area contributed by atoms with Crippen LogP contribution in [-0.4, -0.2) is 29.5 Å². The summed E-state index contributed by atoms with van der Waals surface area (Å²) in [4.78, 5) is 29.6. The van der Waals surface area contributed by atoms with Crippen molar-refractivity contribution in [1.29, 1.82) is 0 Å². The van der Waals surface area contributed by atoms with E-state index in [1.54, 1.807) is 6.92 Å². The molecule has 1 aromatic heterocycles. The average molecular weight is 340 g/mol. The van der Waals surface area contributed by atoms with E-state index in [0.717, 1.165) is 41.4 Å². The lowest BCUT2D eigenvalue weighted by Gasteiger charge is -2.24. The highest BCUT2D eigenvalue weighted by molar-refractivity contribution is 6.05. The van der Waals surface area contributed by atoms with Crippen LogP contribution < -0.4 is 5.32 Å². The summed E-state index contributed by atoms with van der Waals surface area (Å²) in [6.45, 7) is 6.12. The molecule has 0 unspecified atom stereocenters. The van der Waals surface area contributed by atoms with E-state index in [9.17, 15) is 9.59 Å². The fourth-order valence-corrected chi connectivity index (χ4v) is 3.39. The molecule has 2 atom stereocenters. The normalized spacial score (nSPS) is 17.6. The molecule has 1 aromatic carbocycles. The monoisotopic (exact) mass is 340 g/mol. The van der Waals surface area contributed by atoms with Crippen LogP contribution in [0.15, 0.2) is 24.3 Å². The third-order valence-electron chi connectivity index (χ3n) is 4.71. The molecule has 0 saturated heterocycles. The highest BCUT2D eigenvalue weighted by atomic mass is 16.5. The summed E-state index contributed by atoms with van der Waals surface area (Å²) < 4.78 is 5.48. The maximum atomic E-state index is 12.9. The van der Waals surface area contributed by atoms with Gasteiger partial charge in [-0.05, 0) is 50.7 Å². The number of likely N-dealkylation sites (N-methyl/N-ethyl adjacent to an activating group) is 1. The second kappa shape index (κ2) is 7.21. The molecule has 1 amide bonds. The van der Waals surface area contributed by atoms with Gasteiger partial charge in [0.05, 0.1) is 11.1 Å². The molecule has 0 bridgehead atoms. The number of esters is 1. The Balaban J connectivity index is 2.03. The van der Waals surface area contributed by atoms with E-state index < -0.39 is 12.1 Å². The molecule has 25 heavy (non-hydrogen) atoms. The SMILES string of the molecule is CCNC(=O)[C@H](C)OC(=O)c1c2c(nc3ccccc13)CC[C@@H](C)C2.